The van der Waals surface area contributed by atoms with E-state index in [0.717, 1.165) is 28.9 Å². The Kier molecular flexibility index (Phi) is 6.11. The van der Waals surface area contributed by atoms with E-state index in [0.29, 0.717) is 0 Å². The summed E-state index contributed by atoms with van der Waals surface area (Å²) in [6.07, 6.45) is 1.23. The van der Waals surface area contributed by atoms with Crippen molar-refractivity contribution in [3.05, 3.63) is 24.3 Å². The lowest BCUT2D eigenvalue weighted by Gasteiger charge is -2.25. The second-order valence-electron chi connectivity index (χ2n) is 3.69. The largest absolute Gasteiger partial charge is 0.494 e. The van der Waals surface area contributed by atoms with Crippen LogP contribution in [0.3, 0.4) is 0 Å². The quantitative estimate of drug-likeness (QED) is 0.753. The van der Waals surface area contributed by atoms with E-state index in [4.69, 9.17) is 4.74 Å². The minimum absolute atomic E-state index is 0. The van der Waals surface area contributed by atoms with Crippen LogP contribution < -0.4 is 4.74 Å². The number of ether oxygens (including phenoxy) is 1. The highest BCUT2D eigenvalue weighted by atomic mass is 127. The van der Waals surface area contributed by atoms with Crippen LogP contribution in [-0.4, -0.2) is 36.5 Å². The van der Waals surface area contributed by atoms with Crippen molar-refractivity contribution >= 4 is 46.6 Å². The van der Waals surface area contributed by atoms with Crippen molar-refractivity contribution in [1.82, 2.24) is 4.90 Å². The van der Waals surface area contributed by atoms with E-state index in [9.17, 15) is 0 Å². The van der Waals surface area contributed by atoms with Crippen LogP contribution >= 0.6 is 35.7 Å². The van der Waals surface area contributed by atoms with Gasteiger partial charge in [-0.3, -0.25) is 0 Å². The van der Waals surface area contributed by atoms with Gasteiger partial charge in [0.1, 0.15) is 11.4 Å². The molecule has 0 aromatic heterocycles. The molecular formula is C12H17IN2OS. The molecule has 1 aromatic rings. The number of hydrogen-bond donors (Lipinski definition) is 0. The third kappa shape index (κ3) is 3.77. The third-order valence-electron chi connectivity index (χ3n) is 2.50. The summed E-state index contributed by atoms with van der Waals surface area (Å²) >= 11 is 1.81. The zero-order valence-corrected chi connectivity index (χ0v) is 13.2. The molecule has 0 unspecified atom stereocenters. The van der Waals surface area contributed by atoms with Gasteiger partial charge in [0, 0.05) is 19.3 Å². The Labute approximate surface area is 124 Å². The molecule has 2 rings (SSSR count). The summed E-state index contributed by atoms with van der Waals surface area (Å²) in [6, 6.07) is 7.86. The van der Waals surface area contributed by atoms with Gasteiger partial charge in [-0.05, 0) is 18.6 Å². The summed E-state index contributed by atoms with van der Waals surface area (Å²) in [5, 5.41) is 1.08. The van der Waals surface area contributed by atoms with E-state index in [1.807, 2.05) is 24.3 Å². The fraction of sp³-hybridized carbons (Fsp3) is 0.417. The first-order chi connectivity index (χ1) is 7.81. The van der Waals surface area contributed by atoms with Gasteiger partial charge in [-0.25, -0.2) is 4.99 Å². The first-order valence-corrected chi connectivity index (χ1v) is 6.35. The maximum absolute atomic E-state index is 5.29. The number of hydrogen-bond acceptors (Lipinski definition) is 3. The number of rotatable bonds is 2. The van der Waals surface area contributed by atoms with Crippen LogP contribution in [0.5, 0.6) is 5.75 Å². The highest BCUT2D eigenvalue weighted by Crippen LogP contribution is 2.29. The zero-order chi connectivity index (χ0) is 11.4. The molecule has 0 bridgehead atoms. The molecule has 1 saturated heterocycles. The monoisotopic (exact) mass is 364 g/mol. The van der Waals surface area contributed by atoms with Gasteiger partial charge in [-0.2, -0.15) is 0 Å². The lowest BCUT2D eigenvalue weighted by Crippen LogP contribution is -2.29. The maximum atomic E-state index is 5.29. The minimum Gasteiger partial charge on any atom is -0.494 e. The van der Waals surface area contributed by atoms with E-state index < -0.39 is 0 Å². The molecule has 0 saturated carbocycles. The topological polar surface area (TPSA) is 24.8 Å². The van der Waals surface area contributed by atoms with E-state index in [1.54, 1.807) is 18.9 Å². The number of halogens is 1. The molecule has 0 spiro atoms. The van der Waals surface area contributed by atoms with Gasteiger partial charge in [0.2, 0.25) is 0 Å². The summed E-state index contributed by atoms with van der Waals surface area (Å²) < 4.78 is 5.29. The van der Waals surface area contributed by atoms with Crippen molar-refractivity contribution in [3.8, 4) is 5.75 Å². The summed E-state index contributed by atoms with van der Waals surface area (Å²) in [4.78, 5) is 6.85. The molecular weight excluding hydrogens is 347 g/mol. The second kappa shape index (κ2) is 7.10. The molecule has 0 amide bonds. The second-order valence-corrected chi connectivity index (χ2v) is 4.75. The van der Waals surface area contributed by atoms with E-state index in [1.165, 1.54) is 6.42 Å². The molecule has 94 valence electrons. The predicted molar refractivity (Wildman–Crippen MR) is 85.2 cm³/mol. The lowest BCUT2D eigenvalue weighted by molar-refractivity contribution is 0.416. The van der Waals surface area contributed by atoms with Crippen LogP contribution in [0, 0.1) is 0 Å². The van der Waals surface area contributed by atoms with Crippen molar-refractivity contribution in [1.29, 1.82) is 0 Å². The van der Waals surface area contributed by atoms with Crippen molar-refractivity contribution in [2.24, 2.45) is 4.99 Å². The van der Waals surface area contributed by atoms with Gasteiger partial charge in [0.15, 0.2) is 5.17 Å². The standard InChI is InChI=1S/C12H16N2OS.HI/c1-14-8-5-9-16-12(14)13-10-6-3-4-7-11(10)15-2;/h3-4,6-7H,5,8-9H2,1-2H3;1H. The average molecular weight is 364 g/mol. The Morgan fingerprint density at radius 2 is 2.12 bits per heavy atom. The van der Waals surface area contributed by atoms with Crippen molar-refractivity contribution in [2.45, 2.75) is 6.42 Å². The predicted octanol–water partition coefficient (Wildman–Crippen LogP) is 3.37. The molecule has 1 aliphatic heterocycles. The van der Waals surface area contributed by atoms with Gasteiger partial charge >= 0.3 is 0 Å². The molecule has 17 heavy (non-hydrogen) atoms. The van der Waals surface area contributed by atoms with Crippen molar-refractivity contribution in [3.63, 3.8) is 0 Å². The van der Waals surface area contributed by atoms with E-state index in [-0.39, 0.29) is 24.0 Å². The number of methoxy groups -OCH3 is 1. The number of nitrogens with zero attached hydrogens (tertiary/aromatic N) is 2. The highest BCUT2D eigenvalue weighted by Gasteiger charge is 2.13. The van der Waals surface area contributed by atoms with Gasteiger partial charge in [0.05, 0.1) is 7.11 Å². The molecule has 1 fully saturated rings. The van der Waals surface area contributed by atoms with Crippen LogP contribution in [0.25, 0.3) is 0 Å². The molecule has 1 aliphatic rings. The van der Waals surface area contributed by atoms with Crippen molar-refractivity contribution < 1.29 is 4.74 Å². The number of amidine groups is 1. The fourth-order valence-corrected chi connectivity index (χ4v) is 2.54. The SMILES string of the molecule is COc1ccccc1N=C1SCCCN1C.I. The Morgan fingerprint density at radius 3 is 2.82 bits per heavy atom. The molecule has 0 radical (unpaired) electrons. The normalized spacial score (nSPS) is 17.8. The van der Waals surface area contributed by atoms with Crippen LogP contribution in [0.15, 0.2) is 29.3 Å². The van der Waals surface area contributed by atoms with Gasteiger partial charge in [0.25, 0.3) is 0 Å². The minimum atomic E-state index is 0. The summed E-state index contributed by atoms with van der Waals surface area (Å²) in [6.45, 7) is 1.08. The number of aliphatic imine (C=N–C) groups is 1. The molecule has 1 heterocycles. The summed E-state index contributed by atoms with van der Waals surface area (Å²) in [7, 11) is 3.76. The average Bonchev–Trinajstić information content (AvgIpc) is 2.33. The summed E-state index contributed by atoms with van der Waals surface area (Å²) in [5.41, 5.74) is 0.904. The first-order valence-electron chi connectivity index (χ1n) is 5.37. The van der Waals surface area contributed by atoms with Crippen LogP contribution in [0.4, 0.5) is 5.69 Å². The molecule has 0 aliphatic carbocycles. The smallest absolute Gasteiger partial charge is 0.164 e. The van der Waals surface area contributed by atoms with Crippen LogP contribution in [-0.2, 0) is 0 Å². The maximum Gasteiger partial charge on any atom is 0.164 e. The molecule has 5 heteroatoms. The lowest BCUT2D eigenvalue weighted by atomic mass is 10.3. The van der Waals surface area contributed by atoms with E-state index in [2.05, 4.69) is 16.9 Å². The molecule has 0 atom stereocenters. The van der Waals surface area contributed by atoms with Gasteiger partial charge in [-0.1, -0.05) is 23.9 Å². The van der Waals surface area contributed by atoms with Crippen LogP contribution in [0.2, 0.25) is 0 Å². The van der Waals surface area contributed by atoms with Gasteiger partial charge in [-0.15, -0.1) is 24.0 Å². The van der Waals surface area contributed by atoms with E-state index >= 15 is 0 Å². The van der Waals surface area contributed by atoms with Gasteiger partial charge < -0.3 is 9.64 Å². The van der Waals surface area contributed by atoms with Crippen LogP contribution in [0.1, 0.15) is 6.42 Å². The number of thioether (sulfide) groups is 1. The Morgan fingerprint density at radius 1 is 1.35 bits per heavy atom. The number of benzene rings is 1. The zero-order valence-electron chi connectivity index (χ0n) is 10.0. The van der Waals surface area contributed by atoms with Crippen molar-refractivity contribution in [2.75, 3.05) is 26.5 Å². The molecule has 3 nitrogen and oxygen atoms in total. The third-order valence-corrected chi connectivity index (χ3v) is 3.65. The molecule has 1 aromatic carbocycles. The fourth-order valence-electron chi connectivity index (χ4n) is 1.61. The first kappa shape index (κ1) is 14.6. The Bertz CT molecular complexity index is 398. The number of para-hydroxylation sites is 2. The Balaban J connectivity index is 0.00000144. The highest BCUT2D eigenvalue weighted by molar-refractivity contribution is 14.0. The Hall–Kier alpha value is -0.430. The molecule has 0 N–H and O–H groups in total. The summed E-state index contributed by atoms with van der Waals surface area (Å²) in [5.74, 6) is 1.98.